The van der Waals surface area contributed by atoms with Crippen molar-refractivity contribution in [3.63, 3.8) is 0 Å². The molecule has 0 saturated heterocycles. The minimum absolute atomic E-state index is 0.0167. The fourth-order valence-electron chi connectivity index (χ4n) is 4.46. The maximum Gasteiger partial charge on any atom is 0.322 e. The molecule has 0 aromatic carbocycles. The molecular weight excluding hydrogens is 339 g/mol. The molecule has 1 unspecified atom stereocenters. The van der Waals surface area contributed by atoms with E-state index in [0.29, 0.717) is 11.8 Å². The van der Waals surface area contributed by atoms with Crippen molar-refractivity contribution in [1.82, 2.24) is 0 Å². The summed E-state index contributed by atoms with van der Waals surface area (Å²) < 4.78 is 5.60. The monoisotopic (exact) mass is 362 g/mol. The van der Waals surface area contributed by atoms with Gasteiger partial charge in [-0.15, -0.1) is 0 Å². The van der Waals surface area contributed by atoms with Crippen LogP contribution in [-0.4, -0.2) is 15.5 Å². The van der Waals surface area contributed by atoms with Crippen LogP contribution in [0.25, 0.3) is 0 Å². The van der Waals surface area contributed by atoms with E-state index in [-0.39, 0.29) is 15.5 Å². The van der Waals surface area contributed by atoms with Gasteiger partial charge in [-0.3, -0.25) is 4.79 Å². The summed E-state index contributed by atoms with van der Waals surface area (Å²) in [5, 5.41) is 0. The largest absolute Gasteiger partial charge is 0.461 e. The molecule has 0 aromatic heterocycles. The second kappa shape index (κ2) is 4.64. The van der Waals surface area contributed by atoms with Crippen molar-refractivity contribution in [1.29, 1.82) is 0 Å². The summed E-state index contributed by atoms with van der Waals surface area (Å²) >= 11 is 2.24. The molecule has 4 aliphatic rings. The Morgan fingerprint density at radius 1 is 1.17 bits per heavy atom. The van der Waals surface area contributed by atoms with Crippen LogP contribution in [0.3, 0.4) is 0 Å². The second-order valence-electron chi connectivity index (χ2n) is 6.85. The van der Waals surface area contributed by atoms with Crippen molar-refractivity contribution >= 4 is 28.6 Å². The molecule has 0 heterocycles. The quantitative estimate of drug-likeness (QED) is 0.432. The number of carbonyl (C=O) groups is 1. The van der Waals surface area contributed by atoms with Gasteiger partial charge in [-0.1, -0.05) is 29.5 Å². The minimum Gasteiger partial charge on any atom is -0.461 e. The van der Waals surface area contributed by atoms with Gasteiger partial charge in [0.1, 0.15) is 9.53 Å². The molecule has 0 aliphatic heterocycles. The van der Waals surface area contributed by atoms with Crippen molar-refractivity contribution in [3.05, 3.63) is 0 Å². The van der Waals surface area contributed by atoms with Crippen molar-refractivity contribution in [3.8, 4) is 0 Å². The summed E-state index contributed by atoms with van der Waals surface area (Å²) in [5.74, 6) is 3.26. The fraction of sp³-hybridized carbons (Fsp3) is 0.933. The number of alkyl halides is 1. The van der Waals surface area contributed by atoms with Crippen molar-refractivity contribution in [2.45, 2.75) is 61.9 Å². The molecular formula is C15H23IO2. The van der Waals surface area contributed by atoms with Gasteiger partial charge in [-0.2, -0.15) is 0 Å². The van der Waals surface area contributed by atoms with Crippen LogP contribution in [0.1, 0.15) is 52.4 Å². The highest BCUT2D eigenvalue weighted by Crippen LogP contribution is 2.54. The van der Waals surface area contributed by atoms with Gasteiger partial charge in [-0.05, 0) is 69.1 Å². The van der Waals surface area contributed by atoms with Gasteiger partial charge < -0.3 is 4.74 Å². The Morgan fingerprint density at radius 3 is 2.11 bits per heavy atom. The van der Waals surface area contributed by atoms with Crippen molar-refractivity contribution in [2.75, 3.05) is 0 Å². The Bertz CT molecular complexity index is 322. The van der Waals surface area contributed by atoms with Crippen LogP contribution in [0.5, 0.6) is 0 Å². The van der Waals surface area contributed by atoms with Crippen molar-refractivity contribution < 1.29 is 9.53 Å². The number of halogens is 1. The van der Waals surface area contributed by atoms with Crippen LogP contribution < -0.4 is 0 Å². The Labute approximate surface area is 123 Å². The lowest BCUT2D eigenvalue weighted by Crippen LogP contribution is -2.51. The van der Waals surface area contributed by atoms with Crippen LogP contribution >= 0.6 is 22.6 Å². The molecule has 0 radical (unpaired) electrons. The van der Waals surface area contributed by atoms with Gasteiger partial charge in [0.05, 0.1) is 0 Å². The third-order valence-electron chi connectivity index (χ3n) is 5.47. The molecule has 0 aromatic rings. The SMILES string of the molecule is CCC(C)(I)C(=O)OC1C2CC3CC(C2)CC1C3. The molecule has 0 amide bonds. The highest BCUT2D eigenvalue weighted by Gasteiger charge is 2.50. The topological polar surface area (TPSA) is 26.3 Å². The third-order valence-corrected chi connectivity index (χ3v) is 6.68. The summed E-state index contributed by atoms with van der Waals surface area (Å²) in [6.07, 6.45) is 7.80. The van der Waals surface area contributed by atoms with Crippen LogP contribution in [0, 0.1) is 23.7 Å². The number of carbonyl (C=O) groups excluding carboxylic acids is 1. The summed E-state index contributed by atoms with van der Waals surface area (Å²) in [6, 6.07) is 0. The number of esters is 1. The van der Waals surface area contributed by atoms with E-state index in [9.17, 15) is 4.79 Å². The summed E-state index contributed by atoms with van der Waals surface area (Å²) in [6.45, 7) is 4.05. The van der Waals surface area contributed by atoms with E-state index >= 15 is 0 Å². The van der Waals surface area contributed by atoms with Gasteiger partial charge in [0.2, 0.25) is 0 Å². The van der Waals surface area contributed by atoms with Gasteiger partial charge in [0, 0.05) is 0 Å². The standard InChI is InChI=1S/C15H23IO2/c1-3-15(2,16)14(17)18-13-11-5-9-4-10(7-11)8-12(13)6-9/h9-13H,3-8H2,1-2H3. The number of ether oxygens (including phenoxy) is 1. The Hall–Kier alpha value is 0.200. The molecule has 0 spiro atoms. The molecule has 2 nitrogen and oxygen atoms in total. The van der Waals surface area contributed by atoms with Gasteiger partial charge in [0.25, 0.3) is 0 Å². The number of rotatable bonds is 3. The fourth-order valence-corrected chi connectivity index (χ4v) is 4.59. The predicted molar refractivity (Wildman–Crippen MR) is 79.6 cm³/mol. The van der Waals surface area contributed by atoms with E-state index in [0.717, 1.165) is 18.3 Å². The first-order valence-electron chi connectivity index (χ1n) is 7.39. The Kier molecular flexibility index (Phi) is 3.40. The van der Waals surface area contributed by atoms with Crippen LogP contribution in [0.15, 0.2) is 0 Å². The normalized spacial score (nSPS) is 44.7. The maximum atomic E-state index is 12.3. The van der Waals surface area contributed by atoms with E-state index in [4.69, 9.17) is 4.74 Å². The molecule has 4 bridgehead atoms. The molecule has 4 rings (SSSR count). The highest BCUT2D eigenvalue weighted by molar-refractivity contribution is 14.1. The third kappa shape index (κ3) is 2.20. The lowest BCUT2D eigenvalue weighted by atomic mass is 9.55. The Morgan fingerprint density at radius 2 is 1.67 bits per heavy atom. The van der Waals surface area contributed by atoms with E-state index in [2.05, 4.69) is 29.5 Å². The van der Waals surface area contributed by atoms with E-state index < -0.39 is 0 Å². The smallest absolute Gasteiger partial charge is 0.322 e. The summed E-state index contributed by atoms with van der Waals surface area (Å²) in [5.41, 5.74) is 0. The first-order valence-corrected chi connectivity index (χ1v) is 8.47. The highest BCUT2D eigenvalue weighted by atomic mass is 127. The van der Waals surface area contributed by atoms with Crippen molar-refractivity contribution in [2.24, 2.45) is 23.7 Å². The number of hydrogen-bond acceptors (Lipinski definition) is 2. The molecule has 0 N–H and O–H groups in total. The summed E-state index contributed by atoms with van der Waals surface area (Å²) in [4.78, 5) is 12.3. The lowest BCUT2D eigenvalue weighted by Gasteiger charge is -2.53. The molecule has 1 atom stereocenters. The zero-order valence-corrected chi connectivity index (χ0v) is 13.5. The molecule has 4 fully saturated rings. The van der Waals surface area contributed by atoms with Crippen LogP contribution in [-0.2, 0) is 9.53 Å². The van der Waals surface area contributed by atoms with E-state index in [1.807, 2.05) is 6.92 Å². The average Bonchev–Trinajstić information content (AvgIpc) is 2.32. The second-order valence-corrected chi connectivity index (χ2v) is 9.23. The van der Waals surface area contributed by atoms with Crippen LogP contribution in [0.2, 0.25) is 0 Å². The lowest BCUT2D eigenvalue weighted by molar-refractivity contribution is -0.172. The Balaban J connectivity index is 1.69. The molecule has 4 saturated carbocycles. The molecule has 102 valence electrons. The first-order chi connectivity index (χ1) is 8.49. The summed E-state index contributed by atoms with van der Waals surface area (Å²) in [7, 11) is 0. The first kappa shape index (κ1) is 13.2. The molecule has 4 aliphatic carbocycles. The average molecular weight is 362 g/mol. The minimum atomic E-state index is -0.341. The zero-order valence-electron chi connectivity index (χ0n) is 11.3. The van der Waals surface area contributed by atoms with Gasteiger partial charge in [-0.25, -0.2) is 0 Å². The predicted octanol–water partition coefficient (Wildman–Crippen LogP) is 3.96. The zero-order chi connectivity index (χ0) is 12.9. The van der Waals surface area contributed by atoms with Gasteiger partial charge >= 0.3 is 5.97 Å². The molecule has 3 heteroatoms. The van der Waals surface area contributed by atoms with E-state index in [1.54, 1.807) is 0 Å². The molecule has 18 heavy (non-hydrogen) atoms. The van der Waals surface area contributed by atoms with Crippen LogP contribution in [0.4, 0.5) is 0 Å². The van der Waals surface area contributed by atoms with Gasteiger partial charge in [0.15, 0.2) is 0 Å². The van der Waals surface area contributed by atoms with E-state index in [1.165, 1.54) is 32.1 Å². The number of hydrogen-bond donors (Lipinski definition) is 0. The maximum absolute atomic E-state index is 12.3.